The van der Waals surface area contributed by atoms with Crippen molar-refractivity contribution in [3.05, 3.63) is 54.5 Å². The van der Waals surface area contributed by atoms with Crippen molar-refractivity contribution in [1.29, 1.82) is 0 Å². The fourth-order valence-corrected chi connectivity index (χ4v) is 2.76. The van der Waals surface area contributed by atoms with Gasteiger partial charge in [-0.05, 0) is 30.3 Å². The van der Waals surface area contributed by atoms with E-state index in [4.69, 9.17) is 19.4 Å². The summed E-state index contributed by atoms with van der Waals surface area (Å²) < 4.78 is 56.1. The third kappa shape index (κ3) is 6.25. The third-order valence-electron chi connectivity index (χ3n) is 4.33. The number of carboxylic acid groups (broad SMARTS) is 1. The maximum Gasteiger partial charge on any atom is 0.490 e. The van der Waals surface area contributed by atoms with E-state index in [0.717, 1.165) is 5.69 Å². The standard InChI is InChI=1S/C19H17FN6O2.C2HF3O2/c1-27-14-7-6-11(10-15(14)28-2)22-19-21-9-8-16(24-19)23-18-12-4-3-5-13(20)17(12)25-26-18;3-2(4,5)1(6)7/h3-10H,1-2H3,(H3,21,22,23,24,25,26);(H,6,7). The van der Waals surface area contributed by atoms with Gasteiger partial charge < -0.3 is 25.2 Å². The fraction of sp³-hybridized carbons (Fsp3) is 0.143. The molecular formula is C21H18F4N6O4. The second-order valence-electron chi connectivity index (χ2n) is 6.62. The van der Waals surface area contributed by atoms with Crippen molar-refractivity contribution in [2.45, 2.75) is 6.18 Å². The molecule has 35 heavy (non-hydrogen) atoms. The molecule has 4 aromatic rings. The van der Waals surface area contributed by atoms with E-state index in [0.29, 0.717) is 40.0 Å². The fourth-order valence-electron chi connectivity index (χ4n) is 2.76. The molecular weight excluding hydrogens is 476 g/mol. The number of hydrogen-bond donors (Lipinski definition) is 4. The summed E-state index contributed by atoms with van der Waals surface area (Å²) in [5.41, 5.74) is 1.07. The summed E-state index contributed by atoms with van der Waals surface area (Å²) in [6.07, 6.45) is -3.48. The highest BCUT2D eigenvalue weighted by Gasteiger charge is 2.38. The Morgan fingerprint density at radius 1 is 1.06 bits per heavy atom. The Balaban J connectivity index is 0.000000429. The highest BCUT2D eigenvalue weighted by Crippen LogP contribution is 2.31. The van der Waals surface area contributed by atoms with Gasteiger partial charge in [-0.2, -0.15) is 23.3 Å². The van der Waals surface area contributed by atoms with Gasteiger partial charge in [0.15, 0.2) is 17.3 Å². The molecule has 184 valence electrons. The van der Waals surface area contributed by atoms with Gasteiger partial charge in [-0.25, -0.2) is 14.2 Å². The van der Waals surface area contributed by atoms with Crippen molar-refractivity contribution in [2.75, 3.05) is 24.9 Å². The predicted molar refractivity (Wildman–Crippen MR) is 118 cm³/mol. The van der Waals surface area contributed by atoms with Crippen molar-refractivity contribution in [1.82, 2.24) is 20.2 Å². The minimum atomic E-state index is -5.08. The van der Waals surface area contributed by atoms with Crippen LogP contribution in [0.25, 0.3) is 10.9 Å². The van der Waals surface area contributed by atoms with Gasteiger partial charge in [-0.1, -0.05) is 6.07 Å². The first kappa shape index (κ1) is 25.0. The molecule has 10 nitrogen and oxygen atoms in total. The first-order valence-electron chi connectivity index (χ1n) is 9.64. The second kappa shape index (κ2) is 10.5. The summed E-state index contributed by atoms with van der Waals surface area (Å²) in [6, 6.07) is 11.9. The van der Waals surface area contributed by atoms with Crippen LogP contribution in [0.4, 0.5) is 40.8 Å². The van der Waals surface area contributed by atoms with Gasteiger partial charge in [0.2, 0.25) is 5.95 Å². The van der Waals surface area contributed by atoms with Crippen LogP contribution in [0.1, 0.15) is 0 Å². The molecule has 0 radical (unpaired) electrons. The molecule has 0 saturated heterocycles. The molecule has 0 spiro atoms. The maximum absolute atomic E-state index is 13.8. The number of fused-ring (bicyclic) bond motifs is 1. The number of benzene rings is 2. The lowest BCUT2D eigenvalue weighted by molar-refractivity contribution is -0.192. The Kier molecular flexibility index (Phi) is 7.53. The molecule has 4 rings (SSSR count). The quantitative estimate of drug-likeness (QED) is 0.283. The molecule has 0 saturated carbocycles. The van der Waals surface area contributed by atoms with E-state index in [9.17, 15) is 17.6 Å². The lowest BCUT2D eigenvalue weighted by Gasteiger charge is -2.11. The molecule has 2 heterocycles. The molecule has 0 unspecified atom stereocenters. The van der Waals surface area contributed by atoms with E-state index in [1.165, 1.54) is 6.07 Å². The third-order valence-corrected chi connectivity index (χ3v) is 4.33. The number of aromatic amines is 1. The Morgan fingerprint density at radius 3 is 2.43 bits per heavy atom. The average Bonchev–Trinajstić information content (AvgIpc) is 3.23. The van der Waals surface area contributed by atoms with Crippen molar-refractivity contribution >= 4 is 40.1 Å². The largest absolute Gasteiger partial charge is 0.493 e. The minimum Gasteiger partial charge on any atom is -0.493 e. The summed E-state index contributed by atoms with van der Waals surface area (Å²) in [5.74, 6) is -0.540. The predicted octanol–water partition coefficient (Wildman–Crippen LogP) is 4.63. The molecule has 2 aromatic heterocycles. The molecule has 0 fully saturated rings. The summed E-state index contributed by atoms with van der Waals surface area (Å²) >= 11 is 0. The van der Waals surface area contributed by atoms with Gasteiger partial charge in [-0.3, -0.25) is 5.10 Å². The van der Waals surface area contributed by atoms with Crippen molar-refractivity contribution in [3.63, 3.8) is 0 Å². The van der Waals surface area contributed by atoms with Crippen LogP contribution in [0.15, 0.2) is 48.7 Å². The Hall–Kier alpha value is -4.62. The average molecular weight is 494 g/mol. The zero-order valence-corrected chi connectivity index (χ0v) is 18.1. The van der Waals surface area contributed by atoms with Crippen LogP contribution >= 0.6 is 0 Å². The van der Waals surface area contributed by atoms with Gasteiger partial charge in [0.25, 0.3) is 0 Å². The van der Waals surface area contributed by atoms with Crippen LogP contribution in [-0.4, -0.2) is 51.6 Å². The molecule has 4 N–H and O–H groups in total. The molecule has 0 aliphatic carbocycles. The number of aliphatic carboxylic acids is 1. The summed E-state index contributed by atoms with van der Waals surface area (Å²) in [5, 5.41) is 20.7. The number of para-hydroxylation sites is 1. The number of anilines is 4. The first-order valence-corrected chi connectivity index (χ1v) is 9.64. The number of nitrogens with one attached hydrogen (secondary N) is 3. The van der Waals surface area contributed by atoms with Crippen LogP contribution in [0.5, 0.6) is 11.5 Å². The molecule has 14 heteroatoms. The Bertz CT molecular complexity index is 1330. The Labute approximate surface area is 194 Å². The summed E-state index contributed by atoms with van der Waals surface area (Å²) in [6.45, 7) is 0. The number of ether oxygens (including phenoxy) is 2. The van der Waals surface area contributed by atoms with Crippen LogP contribution in [0, 0.1) is 5.82 Å². The number of aromatic nitrogens is 4. The van der Waals surface area contributed by atoms with E-state index in [2.05, 4.69) is 30.8 Å². The monoisotopic (exact) mass is 494 g/mol. The summed E-state index contributed by atoms with van der Waals surface area (Å²) in [7, 11) is 3.15. The van der Waals surface area contributed by atoms with Gasteiger partial charge in [-0.15, -0.1) is 0 Å². The number of rotatable bonds is 6. The van der Waals surface area contributed by atoms with Crippen LogP contribution in [0.3, 0.4) is 0 Å². The molecule has 0 amide bonds. The number of alkyl halides is 3. The molecule has 2 aromatic carbocycles. The SMILES string of the molecule is COc1ccc(Nc2nccc(Nc3n[nH]c4c(F)cccc34)n2)cc1OC.O=C(O)C(F)(F)F. The highest BCUT2D eigenvalue weighted by atomic mass is 19.4. The normalized spacial score (nSPS) is 10.8. The molecule has 0 aliphatic rings. The number of H-pyrrole nitrogens is 1. The van der Waals surface area contributed by atoms with Gasteiger partial charge >= 0.3 is 12.1 Å². The number of carboxylic acids is 1. The van der Waals surface area contributed by atoms with Gasteiger partial charge in [0, 0.05) is 23.3 Å². The highest BCUT2D eigenvalue weighted by molar-refractivity contribution is 5.91. The number of hydrogen-bond acceptors (Lipinski definition) is 8. The zero-order chi connectivity index (χ0) is 25.6. The van der Waals surface area contributed by atoms with E-state index < -0.39 is 12.1 Å². The zero-order valence-electron chi connectivity index (χ0n) is 18.1. The molecule has 0 aliphatic heterocycles. The number of nitrogens with zero attached hydrogens (tertiary/aromatic N) is 3. The lowest BCUT2D eigenvalue weighted by Crippen LogP contribution is -2.21. The van der Waals surface area contributed by atoms with Crippen molar-refractivity contribution in [2.24, 2.45) is 0 Å². The second-order valence-corrected chi connectivity index (χ2v) is 6.62. The Morgan fingerprint density at radius 2 is 1.77 bits per heavy atom. The molecule has 0 atom stereocenters. The van der Waals surface area contributed by atoms with Gasteiger partial charge in [0.05, 0.1) is 14.2 Å². The first-order chi connectivity index (χ1) is 16.6. The van der Waals surface area contributed by atoms with Crippen LogP contribution < -0.4 is 20.1 Å². The van der Waals surface area contributed by atoms with E-state index in [1.807, 2.05) is 6.07 Å². The smallest absolute Gasteiger partial charge is 0.490 e. The van der Waals surface area contributed by atoms with Crippen molar-refractivity contribution in [3.8, 4) is 11.5 Å². The van der Waals surface area contributed by atoms with Crippen molar-refractivity contribution < 1.29 is 36.9 Å². The van der Waals surface area contributed by atoms with Gasteiger partial charge in [0.1, 0.15) is 17.2 Å². The van der Waals surface area contributed by atoms with Crippen LogP contribution in [0.2, 0.25) is 0 Å². The maximum atomic E-state index is 13.8. The molecule has 0 bridgehead atoms. The number of carbonyl (C=O) groups is 1. The summed E-state index contributed by atoms with van der Waals surface area (Å²) in [4.78, 5) is 17.5. The lowest BCUT2D eigenvalue weighted by atomic mass is 10.2. The number of halogens is 4. The number of methoxy groups -OCH3 is 2. The van der Waals surface area contributed by atoms with E-state index in [1.54, 1.807) is 50.7 Å². The van der Waals surface area contributed by atoms with E-state index in [-0.39, 0.29) is 5.82 Å². The topological polar surface area (TPSA) is 134 Å². The minimum absolute atomic E-state index is 0.336. The van der Waals surface area contributed by atoms with E-state index >= 15 is 0 Å². The van der Waals surface area contributed by atoms with Crippen LogP contribution in [-0.2, 0) is 4.79 Å².